The maximum absolute atomic E-state index is 12.3. The number of aryl methyl sites for hydroxylation is 1. The van der Waals surface area contributed by atoms with Crippen molar-refractivity contribution in [2.24, 2.45) is 0 Å². The van der Waals surface area contributed by atoms with E-state index < -0.39 is 5.97 Å². The fourth-order valence-corrected chi connectivity index (χ4v) is 3.69. The van der Waals surface area contributed by atoms with Crippen LogP contribution in [0.2, 0.25) is 0 Å². The molecule has 0 atom stereocenters. The highest BCUT2D eigenvalue weighted by Gasteiger charge is 2.23. The molecular formula is C17H18N4O3. The molecule has 2 N–H and O–H groups in total. The molecule has 2 aromatic heterocycles. The van der Waals surface area contributed by atoms with Gasteiger partial charge in [-0.2, -0.15) is 0 Å². The van der Waals surface area contributed by atoms with Crippen LogP contribution in [0.15, 0.2) is 16.9 Å². The molecule has 3 aromatic rings. The van der Waals surface area contributed by atoms with Crippen LogP contribution in [0.4, 0.5) is 0 Å². The third-order valence-electron chi connectivity index (χ3n) is 4.92. The van der Waals surface area contributed by atoms with Gasteiger partial charge < -0.3 is 10.1 Å². The quantitative estimate of drug-likeness (QED) is 0.754. The molecule has 0 amide bonds. The lowest BCUT2D eigenvalue weighted by Crippen LogP contribution is -2.15. The molecule has 7 heteroatoms. The standard InChI is InChI=1S/C17H18N4O3/c1-9-7-13-12(8-11(9)17(23)24)18-16(22)15-20-19-14(21(13)15)10-5-3-2-4-6-10/h7-8,10H,2-6H2,1H3,(H,18,22)(H,23,24). The van der Waals surface area contributed by atoms with Crippen LogP contribution in [0.1, 0.15) is 59.8 Å². The number of nitrogens with one attached hydrogen (secondary N) is 1. The Hall–Kier alpha value is -2.70. The normalized spacial score (nSPS) is 16.0. The van der Waals surface area contributed by atoms with E-state index in [1.807, 2.05) is 4.40 Å². The number of nitrogens with zero attached hydrogens (tertiary/aromatic N) is 3. The van der Waals surface area contributed by atoms with Crippen molar-refractivity contribution in [3.63, 3.8) is 0 Å². The van der Waals surface area contributed by atoms with E-state index in [1.165, 1.54) is 12.5 Å². The van der Waals surface area contributed by atoms with Crippen molar-refractivity contribution in [2.45, 2.75) is 44.9 Å². The number of fused-ring (bicyclic) bond motifs is 3. The Morgan fingerprint density at radius 1 is 1.25 bits per heavy atom. The fourth-order valence-electron chi connectivity index (χ4n) is 3.69. The molecule has 1 aromatic carbocycles. The van der Waals surface area contributed by atoms with E-state index in [2.05, 4.69) is 15.2 Å². The van der Waals surface area contributed by atoms with Crippen molar-refractivity contribution in [3.05, 3.63) is 39.4 Å². The molecule has 4 rings (SSSR count). The van der Waals surface area contributed by atoms with Crippen molar-refractivity contribution in [3.8, 4) is 0 Å². The van der Waals surface area contributed by atoms with Crippen LogP contribution in [0, 0.1) is 6.92 Å². The molecular weight excluding hydrogens is 308 g/mol. The van der Waals surface area contributed by atoms with Gasteiger partial charge in [0.2, 0.25) is 5.65 Å². The maximum atomic E-state index is 12.3. The summed E-state index contributed by atoms with van der Waals surface area (Å²) in [5.41, 5.74) is 1.99. The molecule has 2 heterocycles. The first-order valence-electron chi connectivity index (χ1n) is 8.21. The topological polar surface area (TPSA) is 100 Å². The second kappa shape index (κ2) is 5.43. The zero-order valence-corrected chi connectivity index (χ0v) is 13.4. The van der Waals surface area contributed by atoms with E-state index >= 15 is 0 Å². The highest BCUT2D eigenvalue weighted by Crippen LogP contribution is 2.32. The Morgan fingerprint density at radius 3 is 2.71 bits per heavy atom. The number of aromatic amines is 1. The number of aromatic nitrogens is 4. The molecule has 24 heavy (non-hydrogen) atoms. The summed E-state index contributed by atoms with van der Waals surface area (Å²) in [5, 5.41) is 17.7. The van der Waals surface area contributed by atoms with Gasteiger partial charge in [-0.1, -0.05) is 19.3 Å². The lowest BCUT2D eigenvalue weighted by Gasteiger charge is -2.20. The lowest BCUT2D eigenvalue weighted by atomic mass is 9.88. The van der Waals surface area contributed by atoms with Gasteiger partial charge >= 0.3 is 5.97 Å². The van der Waals surface area contributed by atoms with Gasteiger partial charge in [-0.05, 0) is 37.5 Å². The van der Waals surface area contributed by atoms with Crippen molar-refractivity contribution < 1.29 is 9.90 Å². The van der Waals surface area contributed by atoms with E-state index in [1.54, 1.807) is 13.0 Å². The zero-order valence-electron chi connectivity index (χ0n) is 13.4. The Morgan fingerprint density at radius 2 is 2.00 bits per heavy atom. The molecule has 0 radical (unpaired) electrons. The smallest absolute Gasteiger partial charge is 0.336 e. The molecule has 0 aliphatic heterocycles. The second-order valence-corrected chi connectivity index (χ2v) is 6.50. The maximum Gasteiger partial charge on any atom is 0.336 e. The Labute approximate surface area is 137 Å². The summed E-state index contributed by atoms with van der Waals surface area (Å²) < 4.78 is 1.81. The summed E-state index contributed by atoms with van der Waals surface area (Å²) in [6.45, 7) is 1.75. The number of aromatic carboxylic acids is 1. The number of rotatable bonds is 2. The summed E-state index contributed by atoms with van der Waals surface area (Å²) in [4.78, 5) is 26.4. The van der Waals surface area contributed by atoms with Crippen molar-refractivity contribution in [1.82, 2.24) is 19.6 Å². The van der Waals surface area contributed by atoms with Crippen LogP contribution >= 0.6 is 0 Å². The Kier molecular flexibility index (Phi) is 3.37. The summed E-state index contributed by atoms with van der Waals surface area (Å²) in [6, 6.07) is 3.30. The van der Waals surface area contributed by atoms with E-state index in [0.29, 0.717) is 17.0 Å². The van der Waals surface area contributed by atoms with Gasteiger partial charge in [0, 0.05) is 5.92 Å². The number of carbonyl (C=O) groups is 1. The van der Waals surface area contributed by atoms with E-state index in [9.17, 15) is 14.7 Å². The van der Waals surface area contributed by atoms with Gasteiger partial charge in [0.1, 0.15) is 5.82 Å². The molecule has 1 saturated carbocycles. The Balaban J connectivity index is 2.04. The predicted octanol–water partition coefficient (Wildman–Crippen LogP) is 2.63. The number of carboxylic acid groups (broad SMARTS) is 1. The van der Waals surface area contributed by atoms with Crippen LogP contribution in [0.25, 0.3) is 16.7 Å². The predicted molar refractivity (Wildman–Crippen MR) is 88.6 cm³/mol. The first-order chi connectivity index (χ1) is 11.6. The lowest BCUT2D eigenvalue weighted by molar-refractivity contribution is 0.0696. The molecule has 0 unspecified atom stereocenters. The van der Waals surface area contributed by atoms with E-state index in [-0.39, 0.29) is 16.8 Å². The average Bonchev–Trinajstić information content (AvgIpc) is 3.02. The van der Waals surface area contributed by atoms with Gasteiger partial charge in [0.15, 0.2) is 0 Å². The van der Waals surface area contributed by atoms with Gasteiger partial charge in [0.05, 0.1) is 16.6 Å². The fraction of sp³-hybridized carbons (Fsp3) is 0.412. The number of carboxylic acids is 1. The van der Waals surface area contributed by atoms with E-state index in [4.69, 9.17) is 0 Å². The Bertz CT molecular complexity index is 1010. The third-order valence-corrected chi connectivity index (χ3v) is 4.92. The zero-order chi connectivity index (χ0) is 16.8. The minimum absolute atomic E-state index is 0.185. The minimum Gasteiger partial charge on any atom is -0.478 e. The van der Waals surface area contributed by atoms with E-state index in [0.717, 1.165) is 37.0 Å². The monoisotopic (exact) mass is 326 g/mol. The highest BCUT2D eigenvalue weighted by atomic mass is 16.4. The molecule has 0 bridgehead atoms. The van der Waals surface area contributed by atoms with Crippen LogP contribution in [-0.2, 0) is 0 Å². The summed E-state index contributed by atoms with van der Waals surface area (Å²) in [6.07, 6.45) is 5.63. The highest BCUT2D eigenvalue weighted by molar-refractivity contribution is 5.94. The van der Waals surface area contributed by atoms with Gasteiger partial charge in [-0.15, -0.1) is 10.2 Å². The van der Waals surface area contributed by atoms with Crippen molar-refractivity contribution in [1.29, 1.82) is 0 Å². The largest absolute Gasteiger partial charge is 0.478 e. The summed E-state index contributed by atoms with van der Waals surface area (Å²) in [7, 11) is 0. The van der Waals surface area contributed by atoms with Crippen LogP contribution < -0.4 is 5.56 Å². The van der Waals surface area contributed by atoms with Gasteiger partial charge in [-0.25, -0.2) is 4.79 Å². The van der Waals surface area contributed by atoms with Crippen LogP contribution in [0.5, 0.6) is 0 Å². The SMILES string of the molecule is Cc1cc2c(cc1C(=O)O)[nH]c(=O)c1nnc(C3CCCCC3)n12. The van der Waals surface area contributed by atoms with Crippen LogP contribution in [-0.4, -0.2) is 30.7 Å². The first-order valence-corrected chi connectivity index (χ1v) is 8.21. The van der Waals surface area contributed by atoms with Gasteiger partial charge in [-0.3, -0.25) is 9.20 Å². The first kappa shape index (κ1) is 14.9. The second-order valence-electron chi connectivity index (χ2n) is 6.50. The number of H-pyrrole nitrogens is 1. The third kappa shape index (κ3) is 2.19. The average molecular weight is 326 g/mol. The number of hydrogen-bond acceptors (Lipinski definition) is 4. The molecule has 124 valence electrons. The molecule has 1 fully saturated rings. The number of benzene rings is 1. The van der Waals surface area contributed by atoms with Gasteiger partial charge in [0.25, 0.3) is 5.56 Å². The minimum atomic E-state index is -1.01. The van der Waals surface area contributed by atoms with Crippen LogP contribution in [0.3, 0.4) is 0 Å². The molecule has 1 aliphatic carbocycles. The van der Waals surface area contributed by atoms with Crippen molar-refractivity contribution >= 4 is 22.6 Å². The summed E-state index contributed by atoms with van der Waals surface area (Å²) >= 11 is 0. The van der Waals surface area contributed by atoms with Crippen molar-refractivity contribution in [2.75, 3.05) is 0 Å². The molecule has 7 nitrogen and oxygen atoms in total. The molecule has 0 spiro atoms. The number of hydrogen-bond donors (Lipinski definition) is 2. The molecule has 1 aliphatic rings. The molecule has 0 saturated heterocycles. The summed E-state index contributed by atoms with van der Waals surface area (Å²) in [5.74, 6) is 0.0908.